The first kappa shape index (κ1) is 18.2. The van der Waals surface area contributed by atoms with Crippen LogP contribution in [0.4, 0.5) is 19.0 Å². The highest BCUT2D eigenvalue weighted by molar-refractivity contribution is 5.74. The van der Waals surface area contributed by atoms with E-state index >= 15 is 0 Å². The van der Waals surface area contributed by atoms with Crippen LogP contribution in [0.5, 0.6) is 5.75 Å². The molecule has 138 valence electrons. The molecule has 1 aliphatic heterocycles. The minimum atomic E-state index is -4.74. The molecule has 1 aromatic carbocycles. The Bertz CT molecular complexity index is 753. The molecule has 0 spiro atoms. The lowest BCUT2D eigenvalue weighted by molar-refractivity contribution is -0.274. The molecule has 0 radical (unpaired) electrons. The fourth-order valence-electron chi connectivity index (χ4n) is 3.02. The molecule has 1 fully saturated rings. The fourth-order valence-corrected chi connectivity index (χ4v) is 3.02. The molecule has 8 heteroatoms. The molecule has 0 atom stereocenters. The van der Waals surface area contributed by atoms with Crippen LogP contribution < -0.4 is 9.64 Å². The highest BCUT2D eigenvalue weighted by Crippen LogP contribution is 2.35. The van der Waals surface area contributed by atoms with Gasteiger partial charge in [-0.3, -0.25) is 4.79 Å². The maximum atomic E-state index is 12.2. The minimum absolute atomic E-state index is 0.318. The number of halogens is 3. The third-order valence-electron chi connectivity index (χ3n) is 4.45. The fraction of sp³-hybridized carbons (Fsp3) is 0.333. The number of carbonyl (C=O) groups is 1. The second kappa shape index (κ2) is 6.95. The number of aromatic nitrogens is 1. The number of piperidine rings is 1. The van der Waals surface area contributed by atoms with E-state index in [9.17, 15) is 23.1 Å². The topological polar surface area (TPSA) is 62.7 Å². The molecule has 1 saturated heterocycles. The molecule has 2 heterocycles. The number of ether oxygens (including phenoxy) is 1. The molecule has 0 aliphatic carbocycles. The molecule has 0 unspecified atom stereocenters. The van der Waals surface area contributed by atoms with Gasteiger partial charge in [-0.15, -0.1) is 13.2 Å². The molecular weight excluding hydrogens is 349 g/mol. The van der Waals surface area contributed by atoms with Crippen molar-refractivity contribution < 1.29 is 27.8 Å². The SMILES string of the molecule is O=Cc1ccc(N2CCC(O)(c3ccc(OC(F)(F)F)cc3)CC2)nc1. The second-order valence-corrected chi connectivity index (χ2v) is 6.16. The molecule has 1 N–H and O–H groups in total. The summed E-state index contributed by atoms with van der Waals surface area (Å²) in [6, 6.07) is 8.73. The Kier molecular flexibility index (Phi) is 4.86. The zero-order valence-electron chi connectivity index (χ0n) is 13.7. The van der Waals surface area contributed by atoms with Crippen molar-refractivity contribution in [3.8, 4) is 5.75 Å². The van der Waals surface area contributed by atoms with Gasteiger partial charge in [-0.25, -0.2) is 4.98 Å². The van der Waals surface area contributed by atoms with Gasteiger partial charge >= 0.3 is 6.36 Å². The summed E-state index contributed by atoms with van der Waals surface area (Å²) < 4.78 is 40.5. The number of carbonyl (C=O) groups excluding carboxylic acids is 1. The van der Waals surface area contributed by atoms with Crippen LogP contribution in [0.25, 0.3) is 0 Å². The summed E-state index contributed by atoms with van der Waals surface area (Å²) in [5, 5.41) is 10.9. The van der Waals surface area contributed by atoms with Crippen molar-refractivity contribution in [2.75, 3.05) is 18.0 Å². The maximum absolute atomic E-state index is 12.2. The Hall–Kier alpha value is -2.61. The van der Waals surface area contributed by atoms with Crippen LogP contribution in [0.15, 0.2) is 42.6 Å². The van der Waals surface area contributed by atoms with Gasteiger partial charge in [-0.2, -0.15) is 0 Å². The van der Waals surface area contributed by atoms with Crippen LogP contribution in [0, 0.1) is 0 Å². The average Bonchev–Trinajstić information content (AvgIpc) is 2.62. The van der Waals surface area contributed by atoms with E-state index in [1.54, 1.807) is 12.1 Å². The lowest BCUT2D eigenvalue weighted by atomic mass is 9.84. The number of nitrogens with zero attached hydrogens (tertiary/aromatic N) is 2. The average molecular weight is 366 g/mol. The number of hydrogen-bond donors (Lipinski definition) is 1. The van der Waals surface area contributed by atoms with Crippen molar-refractivity contribution in [3.63, 3.8) is 0 Å². The summed E-state index contributed by atoms with van der Waals surface area (Å²) in [5.41, 5.74) is -0.0740. The van der Waals surface area contributed by atoms with E-state index < -0.39 is 12.0 Å². The molecule has 2 aromatic rings. The number of aliphatic hydroxyl groups is 1. The number of benzene rings is 1. The number of hydrogen-bond acceptors (Lipinski definition) is 5. The number of alkyl halides is 3. The maximum Gasteiger partial charge on any atom is 0.573 e. The summed E-state index contributed by atoms with van der Waals surface area (Å²) in [6.07, 6.45) is -1.72. The van der Waals surface area contributed by atoms with Gasteiger partial charge in [-0.1, -0.05) is 12.1 Å². The summed E-state index contributed by atoms with van der Waals surface area (Å²) in [4.78, 5) is 16.9. The molecule has 1 aliphatic rings. The van der Waals surface area contributed by atoms with E-state index in [1.807, 2.05) is 4.90 Å². The number of anilines is 1. The molecule has 0 bridgehead atoms. The van der Waals surface area contributed by atoms with E-state index in [1.165, 1.54) is 30.5 Å². The summed E-state index contributed by atoms with van der Waals surface area (Å²) >= 11 is 0. The van der Waals surface area contributed by atoms with Crippen molar-refractivity contribution in [2.24, 2.45) is 0 Å². The molecule has 1 aromatic heterocycles. The predicted molar refractivity (Wildman–Crippen MR) is 88.1 cm³/mol. The molecule has 5 nitrogen and oxygen atoms in total. The van der Waals surface area contributed by atoms with Gasteiger partial charge < -0.3 is 14.7 Å². The largest absolute Gasteiger partial charge is 0.573 e. The first-order valence-electron chi connectivity index (χ1n) is 8.04. The Morgan fingerprint density at radius 3 is 2.27 bits per heavy atom. The van der Waals surface area contributed by atoms with Gasteiger partial charge in [0.1, 0.15) is 11.6 Å². The van der Waals surface area contributed by atoms with Gasteiger partial charge in [0.15, 0.2) is 6.29 Å². The van der Waals surface area contributed by atoms with Gasteiger partial charge in [0.05, 0.1) is 5.60 Å². The van der Waals surface area contributed by atoms with Crippen molar-refractivity contribution >= 4 is 12.1 Å². The van der Waals surface area contributed by atoms with E-state index in [4.69, 9.17) is 0 Å². The molecule has 26 heavy (non-hydrogen) atoms. The quantitative estimate of drug-likeness (QED) is 0.842. The van der Waals surface area contributed by atoms with Crippen LogP contribution >= 0.6 is 0 Å². The minimum Gasteiger partial charge on any atom is -0.406 e. The van der Waals surface area contributed by atoms with Crippen molar-refractivity contribution in [2.45, 2.75) is 24.8 Å². The van der Waals surface area contributed by atoms with Crippen LogP contribution in [0.1, 0.15) is 28.8 Å². The van der Waals surface area contributed by atoms with E-state index in [0.29, 0.717) is 42.9 Å². The normalized spacial score (nSPS) is 17.0. The molecular formula is C18H17F3N2O3. The zero-order valence-corrected chi connectivity index (χ0v) is 13.7. The lowest BCUT2D eigenvalue weighted by Gasteiger charge is -2.39. The van der Waals surface area contributed by atoms with Crippen LogP contribution in [-0.2, 0) is 5.60 Å². The zero-order chi connectivity index (χ0) is 18.8. The molecule has 0 saturated carbocycles. The second-order valence-electron chi connectivity index (χ2n) is 6.16. The van der Waals surface area contributed by atoms with Crippen LogP contribution in [-0.4, -0.2) is 35.8 Å². The standard InChI is InChI=1S/C18H17F3N2O3/c19-18(20,21)26-15-4-2-14(3-5-15)17(25)7-9-23(10-8-17)16-6-1-13(12-24)11-22-16/h1-6,11-12,25H,7-10H2. The van der Waals surface area contributed by atoms with Crippen molar-refractivity contribution in [1.29, 1.82) is 0 Å². The summed E-state index contributed by atoms with van der Waals surface area (Å²) in [6.45, 7) is 1.06. The van der Waals surface area contributed by atoms with Gasteiger partial charge in [0, 0.05) is 24.8 Å². The first-order valence-corrected chi connectivity index (χ1v) is 8.04. The van der Waals surface area contributed by atoms with Crippen molar-refractivity contribution in [1.82, 2.24) is 4.98 Å². The molecule has 0 amide bonds. The Balaban J connectivity index is 1.66. The summed E-state index contributed by atoms with van der Waals surface area (Å²) in [7, 11) is 0. The van der Waals surface area contributed by atoms with Gasteiger partial charge in [0.25, 0.3) is 0 Å². The lowest BCUT2D eigenvalue weighted by Crippen LogP contribution is -2.43. The summed E-state index contributed by atoms with van der Waals surface area (Å²) in [5.74, 6) is 0.397. The third kappa shape index (κ3) is 4.13. The smallest absolute Gasteiger partial charge is 0.406 e. The number of pyridine rings is 1. The van der Waals surface area contributed by atoms with Crippen LogP contribution in [0.3, 0.4) is 0 Å². The highest BCUT2D eigenvalue weighted by Gasteiger charge is 2.35. The number of rotatable bonds is 4. The Morgan fingerprint density at radius 1 is 1.12 bits per heavy atom. The molecule has 3 rings (SSSR count). The van der Waals surface area contributed by atoms with E-state index in [-0.39, 0.29) is 5.75 Å². The van der Waals surface area contributed by atoms with E-state index in [0.717, 1.165) is 6.29 Å². The van der Waals surface area contributed by atoms with Crippen LogP contribution in [0.2, 0.25) is 0 Å². The van der Waals surface area contributed by atoms with Crippen molar-refractivity contribution in [3.05, 3.63) is 53.7 Å². The monoisotopic (exact) mass is 366 g/mol. The van der Waals surface area contributed by atoms with Gasteiger partial charge in [-0.05, 0) is 42.7 Å². The Morgan fingerprint density at radius 2 is 1.77 bits per heavy atom. The van der Waals surface area contributed by atoms with Gasteiger partial charge in [0.2, 0.25) is 0 Å². The highest BCUT2D eigenvalue weighted by atomic mass is 19.4. The first-order chi connectivity index (χ1) is 12.3. The number of aldehydes is 1. The third-order valence-corrected chi connectivity index (χ3v) is 4.45. The Labute approximate surface area is 148 Å². The predicted octanol–water partition coefficient (Wildman–Crippen LogP) is 3.28. The van der Waals surface area contributed by atoms with E-state index in [2.05, 4.69) is 9.72 Å².